The maximum absolute atomic E-state index is 16.5. The molecule has 4 aliphatic carbocycles. The largest absolute Gasteiger partial charge is 0.472 e. The van der Waals surface area contributed by atoms with E-state index in [9.17, 15) is 43.2 Å². The van der Waals surface area contributed by atoms with E-state index in [1.807, 2.05) is 0 Å². The van der Waals surface area contributed by atoms with Gasteiger partial charge in [0.1, 0.15) is 0 Å². The van der Waals surface area contributed by atoms with Crippen LogP contribution in [0.25, 0.3) is 0 Å². The number of carbonyl (C=O) groups is 1. The zero-order valence-electron chi connectivity index (χ0n) is 25.1. The van der Waals surface area contributed by atoms with Crippen LogP contribution in [-0.2, 0) is 36.8 Å². The summed E-state index contributed by atoms with van der Waals surface area (Å²) in [7, 11) is -15.2. The Morgan fingerprint density at radius 1 is 0.933 bits per heavy atom. The van der Waals surface area contributed by atoms with Crippen molar-refractivity contribution >= 4 is 29.4 Å². The number of halogens is 2. The standard InChI is InChI=1S/C25H43F2O15P3/c1-14(4-7-20(28)39-13-40-43(30,31)32)16-5-6-17-21-18(10-19(23(16,17)3)41-44(33,34)35)22(2)8-9-24(26,42-45(36,37)38)11-15(22)12-25(21,27)29/h14-19,21,29H,4-13H2,1-3H3,(H2,30,31,32)(H2,33,34,35)(H2,36,37,38). The molecule has 20 heteroatoms. The lowest BCUT2D eigenvalue weighted by molar-refractivity contribution is -0.293. The van der Waals surface area contributed by atoms with E-state index in [2.05, 4.69) is 9.05 Å². The summed E-state index contributed by atoms with van der Waals surface area (Å²) in [5.74, 6) is -10.4. The van der Waals surface area contributed by atoms with Crippen LogP contribution in [0.2, 0.25) is 0 Å². The quantitative estimate of drug-likeness (QED) is 0.0914. The molecule has 262 valence electrons. The molecule has 0 aliphatic heterocycles. The molecule has 0 heterocycles. The predicted octanol–water partition coefficient (Wildman–Crippen LogP) is 3.80. The van der Waals surface area contributed by atoms with Crippen LogP contribution in [0.5, 0.6) is 0 Å². The van der Waals surface area contributed by atoms with Gasteiger partial charge in [-0.1, -0.05) is 20.8 Å². The Morgan fingerprint density at radius 3 is 2.16 bits per heavy atom. The number of carbonyl (C=O) groups excluding carboxylic acids is 1. The highest BCUT2D eigenvalue weighted by atomic mass is 31.2. The number of hydrogen-bond acceptors (Lipinski definition) is 9. The molecular formula is C25H43F2O15P3. The van der Waals surface area contributed by atoms with Gasteiger partial charge in [-0.2, -0.15) is 0 Å². The molecule has 0 saturated heterocycles. The maximum Gasteiger partial charge on any atom is 0.472 e. The van der Waals surface area contributed by atoms with E-state index in [-0.39, 0.29) is 37.5 Å². The Kier molecular flexibility index (Phi) is 10.4. The van der Waals surface area contributed by atoms with Gasteiger partial charge in [-0.15, -0.1) is 0 Å². The number of phosphoric ester groups is 3. The lowest BCUT2D eigenvalue weighted by Crippen LogP contribution is -2.66. The second kappa shape index (κ2) is 12.5. The van der Waals surface area contributed by atoms with Crippen LogP contribution >= 0.6 is 23.5 Å². The molecule has 11 atom stereocenters. The van der Waals surface area contributed by atoms with E-state index in [4.69, 9.17) is 19.0 Å². The summed E-state index contributed by atoms with van der Waals surface area (Å²) in [6, 6.07) is 0. The minimum atomic E-state index is -5.23. The highest BCUT2D eigenvalue weighted by Crippen LogP contribution is 2.73. The summed E-state index contributed by atoms with van der Waals surface area (Å²) in [6.45, 7) is 4.36. The average molecular weight is 715 g/mol. The highest BCUT2D eigenvalue weighted by Gasteiger charge is 2.71. The third-order valence-corrected chi connectivity index (χ3v) is 12.8. The van der Waals surface area contributed by atoms with E-state index in [1.54, 1.807) is 20.8 Å². The third-order valence-electron chi connectivity index (χ3n) is 11.3. The van der Waals surface area contributed by atoms with Gasteiger partial charge in [-0.25, -0.2) is 31.5 Å². The van der Waals surface area contributed by atoms with Crippen molar-refractivity contribution in [2.45, 2.75) is 96.4 Å². The van der Waals surface area contributed by atoms with Gasteiger partial charge in [-0.05, 0) is 67.1 Å². The molecule has 4 aliphatic rings. The van der Waals surface area contributed by atoms with Crippen LogP contribution in [0.1, 0.15) is 78.6 Å². The SMILES string of the molecule is CC(CCC(=O)OCOP(=O)(O)O)C1CCC2C3C(CC(OP(=O)(O)O)C12C)C1(C)CCC(F)(OP(=O)(O)O)CC1CC3(O)F. The Morgan fingerprint density at radius 2 is 1.58 bits per heavy atom. The lowest BCUT2D eigenvalue weighted by atomic mass is 9.42. The number of aliphatic hydroxyl groups is 1. The molecule has 11 unspecified atom stereocenters. The van der Waals surface area contributed by atoms with Crippen molar-refractivity contribution in [3.05, 3.63) is 0 Å². The van der Waals surface area contributed by atoms with E-state index in [1.165, 1.54) is 0 Å². The van der Waals surface area contributed by atoms with Crippen molar-refractivity contribution < 1.29 is 80.0 Å². The van der Waals surface area contributed by atoms with E-state index >= 15 is 8.78 Å². The Hall–Kier alpha value is -0.380. The first-order chi connectivity index (χ1) is 20.3. The molecule has 7 N–H and O–H groups in total. The van der Waals surface area contributed by atoms with E-state index in [0.29, 0.717) is 12.8 Å². The van der Waals surface area contributed by atoms with Crippen molar-refractivity contribution in [2.75, 3.05) is 6.79 Å². The van der Waals surface area contributed by atoms with E-state index in [0.717, 1.165) is 0 Å². The first kappa shape index (κ1) is 37.4. The van der Waals surface area contributed by atoms with Crippen LogP contribution in [0.3, 0.4) is 0 Å². The fourth-order valence-corrected chi connectivity index (χ4v) is 10.9. The topological polar surface area (TPSA) is 247 Å². The second-order valence-corrected chi connectivity index (χ2v) is 17.4. The van der Waals surface area contributed by atoms with Crippen molar-refractivity contribution in [1.29, 1.82) is 0 Å². The first-order valence-corrected chi connectivity index (χ1v) is 19.3. The van der Waals surface area contributed by atoms with Gasteiger partial charge in [0.05, 0.1) is 6.10 Å². The molecule has 4 rings (SSSR count). The zero-order chi connectivity index (χ0) is 34.0. The number of alkyl halides is 2. The average Bonchev–Trinajstić information content (AvgIpc) is 3.19. The minimum Gasteiger partial charge on any atom is -0.438 e. The fraction of sp³-hybridized carbons (Fsp3) is 0.960. The first-order valence-electron chi connectivity index (χ1n) is 14.8. The monoisotopic (exact) mass is 714 g/mol. The summed E-state index contributed by atoms with van der Waals surface area (Å²) < 4.78 is 85.2. The second-order valence-electron chi connectivity index (χ2n) is 13.8. The van der Waals surface area contributed by atoms with Gasteiger partial charge < -0.3 is 39.2 Å². The summed E-state index contributed by atoms with van der Waals surface area (Å²) in [6.07, 6.45) is -1.91. The molecule has 0 amide bonds. The number of fused-ring (bicyclic) bond motifs is 5. The highest BCUT2D eigenvalue weighted by molar-refractivity contribution is 7.46. The Labute approximate surface area is 259 Å². The molecule has 0 aromatic carbocycles. The number of hydrogen-bond donors (Lipinski definition) is 7. The summed E-state index contributed by atoms with van der Waals surface area (Å²) >= 11 is 0. The lowest BCUT2D eigenvalue weighted by Gasteiger charge is -2.65. The molecular weight excluding hydrogens is 671 g/mol. The smallest absolute Gasteiger partial charge is 0.438 e. The van der Waals surface area contributed by atoms with Crippen LogP contribution < -0.4 is 0 Å². The molecule has 0 bridgehead atoms. The molecule has 0 radical (unpaired) electrons. The molecule has 4 fully saturated rings. The number of rotatable bonds is 11. The summed E-state index contributed by atoms with van der Waals surface area (Å²) in [5, 5.41) is 11.3. The van der Waals surface area contributed by atoms with Crippen LogP contribution in [-0.4, -0.2) is 65.0 Å². The van der Waals surface area contributed by atoms with E-state index < -0.39 is 108 Å². The van der Waals surface area contributed by atoms with Crippen molar-refractivity contribution in [2.24, 2.45) is 46.3 Å². The Balaban J connectivity index is 1.60. The summed E-state index contributed by atoms with van der Waals surface area (Å²) in [4.78, 5) is 68.0. The van der Waals surface area contributed by atoms with Crippen LogP contribution in [0.15, 0.2) is 0 Å². The number of esters is 1. The van der Waals surface area contributed by atoms with Gasteiger partial charge >= 0.3 is 29.4 Å². The van der Waals surface area contributed by atoms with Gasteiger partial charge in [0.15, 0.2) is 0 Å². The van der Waals surface area contributed by atoms with Gasteiger partial charge in [0.2, 0.25) is 18.5 Å². The maximum atomic E-state index is 16.5. The van der Waals surface area contributed by atoms with Gasteiger partial charge in [0.25, 0.3) is 0 Å². The number of phosphoric acid groups is 3. The number of ether oxygens (including phenoxy) is 1. The fourth-order valence-electron chi connectivity index (χ4n) is 9.44. The molecule has 0 aromatic rings. The van der Waals surface area contributed by atoms with Crippen LogP contribution in [0, 0.1) is 46.3 Å². The van der Waals surface area contributed by atoms with Crippen molar-refractivity contribution in [1.82, 2.24) is 0 Å². The minimum absolute atomic E-state index is 0.00511. The van der Waals surface area contributed by atoms with Gasteiger partial charge in [0, 0.05) is 37.0 Å². The third kappa shape index (κ3) is 8.09. The molecule has 15 nitrogen and oxygen atoms in total. The molecule has 45 heavy (non-hydrogen) atoms. The molecule has 4 saturated carbocycles. The van der Waals surface area contributed by atoms with Gasteiger partial charge in [-0.3, -0.25) is 9.32 Å². The predicted molar refractivity (Wildman–Crippen MR) is 148 cm³/mol. The normalized spacial score (nSPS) is 42.8. The Bertz CT molecular complexity index is 1270. The van der Waals surface area contributed by atoms with Crippen molar-refractivity contribution in [3.8, 4) is 0 Å². The summed E-state index contributed by atoms with van der Waals surface area (Å²) in [5.41, 5.74) is -1.97. The van der Waals surface area contributed by atoms with Crippen LogP contribution in [0.4, 0.5) is 8.78 Å². The van der Waals surface area contributed by atoms with Crippen molar-refractivity contribution in [3.63, 3.8) is 0 Å². The molecule has 0 aromatic heterocycles. The molecule has 0 spiro atoms. The zero-order valence-corrected chi connectivity index (χ0v) is 27.8.